The first kappa shape index (κ1) is 16.1. The highest BCUT2D eigenvalue weighted by Gasteiger charge is 2.15. The van der Waals surface area contributed by atoms with Crippen molar-refractivity contribution in [2.24, 2.45) is 0 Å². The largest absolute Gasteiger partial charge is 0.310 e. The Hall–Kier alpha value is -1.26. The summed E-state index contributed by atoms with van der Waals surface area (Å²) in [6.45, 7) is 8.98. The minimum atomic E-state index is -0.137. The number of benzene rings is 1. The van der Waals surface area contributed by atoms with Crippen molar-refractivity contribution >= 4 is 11.3 Å². The van der Waals surface area contributed by atoms with Crippen molar-refractivity contribution in [2.75, 3.05) is 6.54 Å². The van der Waals surface area contributed by atoms with Crippen molar-refractivity contribution in [1.29, 1.82) is 0 Å². The van der Waals surface area contributed by atoms with Gasteiger partial charge in [0, 0.05) is 17.3 Å². The van der Waals surface area contributed by atoms with Gasteiger partial charge in [0.25, 0.3) is 0 Å². The molecule has 2 nitrogen and oxygen atoms in total. The van der Waals surface area contributed by atoms with Crippen LogP contribution in [-0.4, -0.2) is 11.5 Å². The number of halogens is 1. The summed E-state index contributed by atoms with van der Waals surface area (Å²) in [7, 11) is 0. The van der Waals surface area contributed by atoms with Crippen molar-refractivity contribution in [3.63, 3.8) is 0 Å². The maximum atomic E-state index is 13.8. The van der Waals surface area contributed by atoms with E-state index >= 15 is 0 Å². The summed E-state index contributed by atoms with van der Waals surface area (Å²) in [6, 6.07) is 5.63. The van der Waals surface area contributed by atoms with Crippen LogP contribution in [0.5, 0.6) is 0 Å². The predicted molar refractivity (Wildman–Crippen MR) is 87.5 cm³/mol. The van der Waals surface area contributed by atoms with E-state index in [-0.39, 0.29) is 11.9 Å². The molecule has 0 radical (unpaired) electrons. The Morgan fingerprint density at radius 2 is 2.05 bits per heavy atom. The van der Waals surface area contributed by atoms with Crippen LogP contribution in [0.4, 0.5) is 4.39 Å². The van der Waals surface area contributed by atoms with Gasteiger partial charge < -0.3 is 5.32 Å². The van der Waals surface area contributed by atoms with Gasteiger partial charge >= 0.3 is 0 Å². The van der Waals surface area contributed by atoms with Crippen molar-refractivity contribution < 1.29 is 4.39 Å². The molecular weight excluding hydrogens is 283 g/mol. The molecule has 2 rings (SSSR count). The molecule has 0 spiro atoms. The number of thiazole rings is 1. The molecule has 0 bridgehead atoms. The Bertz CT molecular complexity index is 587. The van der Waals surface area contributed by atoms with E-state index in [1.54, 1.807) is 24.3 Å². The van der Waals surface area contributed by atoms with Gasteiger partial charge in [-0.3, -0.25) is 0 Å². The maximum Gasteiger partial charge on any atom is 0.126 e. The molecule has 0 aliphatic heterocycles. The second kappa shape index (κ2) is 7.14. The third-order valence-corrected chi connectivity index (χ3v) is 4.79. The summed E-state index contributed by atoms with van der Waals surface area (Å²) in [6.07, 6.45) is 1.86. The lowest BCUT2D eigenvalue weighted by molar-refractivity contribution is 0.522. The van der Waals surface area contributed by atoms with Gasteiger partial charge in [-0.1, -0.05) is 19.1 Å². The van der Waals surface area contributed by atoms with Crippen LogP contribution in [0.15, 0.2) is 18.2 Å². The zero-order valence-electron chi connectivity index (χ0n) is 13.2. The molecule has 0 fully saturated rings. The number of hydrogen-bond acceptors (Lipinski definition) is 3. The van der Waals surface area contributed by atoms with Crippen LogP contribution in [0, 0.1) is 26.6 Å². The smallest absolute Gasteiger partial charge is 0.126 e. The van der Waals surface area contributed by atoms with Gasteiger partial charge in [-0.15, -0.1) is 11.3 Å². The average Bonchev–Trinajstić information content (AvgIpc) is 2.76. The molecule has 0 saturated carbocycles. The molecular formula is C17H23FN2S. The van der Waals surface area contributed by atoms with Crippen LogP contribution < -0.4 is 5.32 Å². The number of aryl methyl sites for hydroxylation is 3. The fourth-order valence-corrected chi connectivity index (χ4v) is 3.23. The van der Waals surface area contributed by atoms with Crippen molar-refractivity contribution in [3.05, 3.63) is 50.7 Å². The van der Waals surface area contributed by atoms with Crippen LogP contribution in [0.3, 0.4) is 0 Å². The summed E-state index contributed by atoms with van der Waals surface area (Å²) >= 11 is 1.73. The number of aromatic nitrogens is 1. The minimum Gasteiger partial charge on any atom is -0.310 e. The molecule has 1 N–H and O–H groups in total. The summed E-state index contributed by atoms with van der Waals surface area (Å²) in [5.74, 6) is -0.137. The Morgan fingerprint density at radius 3 is 2.62 bits per heavy atom. The molecule has 1 aromatic heterocycles. The first-order valence-corrected chi connectivity index (χ1v) is 8.25. The van der Waals surface area contributed by atoms with Crippen LogP contribution in [0.25, 0.3) is 0 Å². The van der Waals surface area contributed by atoms with Crippen LogP contribution in [0.1, 0.15) is 46.1 Å². The number of nitrogens with one attached hydrogen (secondary N) is 1. The lowest BCUT2D eigenvalue weighted by atomic mass is 10.0. The molecule has 1 aromatic carbocycles. The fourth-order valence-electron chi connectivity index (χ4n) is 2.25. The second-order valence-electron chi connectivity index (χ2n) is 5.47. The third kappa shape index (κ3) is 4.11. The van der Waals surface area contributed by atoms with Crippen molar-refractivity contribution in [3.8, 4) is 0 Å². The van der Waals surface area contributed by atoms with Gasteiger partial charge in [0.2, 0.25) is 0 Å². The average molecular weight is 306 g/mol. The third-order valence-electron chi connectivity index (χ3n) is 3.69. The SMILES string of the molecule is CCCNC(Cc1nc(C)c(C)s1)c1ccc(C)c(F)c1. The highest BCUT2D eigenvalue weighted by molar-refractivity contribution is 7.11. The summed E-state index contributed by atoms with van der Waals surface area (Å²) in [4.78, 5) is 5.87. The standard InChI is InChI=1S/C17H23FN2S/c1-5-8-19-16(10-17-20-12(3)13(4)21-17)14-7-6-11(2)15(18)9-14/h6-7,9,16,19H,5,8,10H2,1-4H3. The zero-order valence-corrected chi connectivity index (χ0v) is 14.0. The molecule has 1 heterocycles. The molecule has 1 atom stereocenters. The number of nitrogens with zero attached hydrogens (tertiary/aromatic N) is 1. The van der Waals surface area contributed by atoms with Gasteiger partial charge in [0.1, 0.15) is 5.82 Å². The first-order valence-electron chi connectivity index (χ1n) is 7.43. The van der Waals surface area contributed by atoms with E-state index in [1.807, 2.05) is 19.1 Å². The van der Waals surface area contributed by atoms with E-state index in [9.17, 15) is 4.39 Å². The van der Waals surface area contributed by atoms with E-state index in [0.29, 0.717) is 5.56 Å². The Labute approximate surface area is 130 Å². The van der Waals surface area contributed by atoms with E-state index in [0.717, 1.165) is 35.7 Å². The second-order valence-corrected chi connectivity index (χ2v) is 6.76. The van der Waals surface area contributed by atoms with Gasteiger partial charge in [0.15, 0.2) is 0 Å². The molecule has 21 heavy (non-hydrogen) atoms. The monoisotopic (exact) mass is 306 g/mol. The van der Waals surface area contributed by atoms with Crippen molar-refractivity contribution in [2.45, 2.75) is 46.6 Å². The van der Waals surface area contributed by atoms with Gasteiger partial charge in [-0.05, 0) is 50.9 Å². The van der Waals surface area contributed by atoms with Gasteiger partial charge in [0.05, 0.1) is 10.7 Å². The first-order chi connectivity index (χ1) is 10.0. The topological polar surface area (TPSA) is 24.9 Å². The number of rotatable bonds is 6. The highest BCUT2D eigenvalue weighted by Crippen LogP contribution is 2.24. The molecule has 0 amide bonds. The Kier molecular flexibility index (Phi) is 5.48. The van der Waals surface area contributed by atoms with Gasteiger partial charge in [-0.2, -0.15) is 0 Å². The molecule has 2 aromatic rings. The van der Waals surface area contributed by atoms with Crippen LogP contribution in [0.2, 0.25) is 0 Å². The Morgan fingerprint density at radius 1 is 1.29 bits per heavy atom. The summed E-state index contributed by atoms with van der Waals surface area (Å²) in [5.41, 5.74) is 2.78. The Balaban J connectivity index is 2.22. The summed E-state index contributed by atoms with van der Waals surface area (Å²) < 4.78 is 13.8. The lowest BCUT2D eigenvalue weighted by Gasteiger charge is -2.18. The highest BCUT2D eigenvalue weighted by atomic mass is 32.1. The van der Waals surface area contributed by atoms with E-state index in [1.165, 1.54) is 4.88 Å². The van der Waals surface area contributed by atoms with Crippen molar-refractivity contribution in [1.82, 2.24) is 10.3 Å². The minimum absolute atomic E-state index is 0.116. The maximum absolute atomic E-state index is 13.8. The lowest BCUT2D eigenvalue weighted by Crippen LogP contribution is -2.24. The fraction of sp³-hybridized carbons (Fsp3) is 0.471. The normalized spacial score (nSPS) is 12.6. The predicted octanol–water partition coefficient (Wildman–Crippen LogP) is 4.49. The summed E-state index contributed by atoms with van der Waals surface area (Å²) in [5, 5.41) is 4.62. The molecule has 4 heteroatoms. The zero-order chi connectivity index (χ0) is 15.4. The van der Waals surface area contributed by atoms with E-state index in [4.69, 9.17) is 0 Å². The molecule has 0 saturated heterocycles. The van der Waals surface area contributed by atoms with E-state index in [2.05, 4.69) is 24.1 Å². The van der Waals surface area contributed by atoms with Crippen LogP contribution in [-0.2, 0) is 6.42 Å². The molecule has 114 valence electrons. The van der Waals surface area contributed by atoms with Crippen LogP contribution >= 0.6 is 11.3 Å². The van der Waals surface area contributed by atoms with Gasteiger partial charge in [-0.25, -0.2) is 9.37 Å². The quantitative estimate of drug-likeness (QED) is 0.850. The van der Waals surface area contributed by atoms with E-state index < -0.39 is 0 Å². The molecule has 0 aliphatic rings. The molecule has 0 aliphatic carbocycles. The molecule has 1 unspecified atom stereocenters. The number of hydrogen-bond donors (Lipinski definition) is 1.